The van der Waals surface area contributed by atoms with Crippen LogP contribution in [-0.2, 0) is 10.8 Å². The molecule has 3 fully saturated rings. The second-order valence-electron chi connectivity index (χ2n) is 38.3. The molecule has 23 aromatic rings. The number of rotatable bonds is 2. The normalized spacial score (nSPS) is 20.5. The Morgan fingerprint density at radius 2 is 0.746 bits per heavy atom. The van der Waals surface area contributed by atoms with E-state index in [0.29, 0.717) is 41.4 Å². The van der Waals surface area contributed by atoms with Crippen molar-refractivity contribution in [1.82, 2.24) is 27.4 Å². The van der Waals surface area contributed by atoms with E-state index in [2.05, 4.69) is 361 Å². The molecule has 0 N–H and O–H groups in total. The van der Waals surface area contributed by atoms with Crippen molar-refractivity contribution in [3.63, 3.8) is 0 Å². The van der Waals surface area contributed by atoms with Crippen molar-refractivity contribution in [1.29, 1.82) is 0 Å². The van der Waals surface area contributed by atoms with E-state index in [1.54, 1.807) is 16.7 Å². The van der Waals surface area contributed by atoms with E-state index in [1.807, 2.05) is 53.7 Å². The molecular weight excluding hydrogens is 2070 g/mol. The Morgan fingerprint density at radius 1 is 0.284 bits per heavy atom. The van der Waals surface area contributed by atoms with E-state index in [0.717, 1.165) is 16.7 Å². The summed E-state index contributed by atoms with van der Waals surface area (Å²) in [5.74, 6) is 3.75. The standard InChI is InChI=1S/C42H26N2.C42H28N2.C36H24N2.3C2H6.2U/c1-2-10-24(11-3-1)25-20-21-29-26-14-8-16-32(26)42-33-17-9-15-30-27-12-4-6-18-34(27)43(39(30)33)36-23-22-31-28-13-5-7-19-35(28)44(40(25)37(29)42)41(31)38(36)42;1-2-10-25(11-3-1)26-22-35-28-14-8-15-32(28)40-34-17-9-16-33-30-13-5-6-18-36(30)43(42(33)34)27-20-21-31-29-12-4-7-19-37(29)44(38(31)24-27)39(23-26)41(35)40;1-4-15-28-21(9-1)24-19-25-22-10-2-5-16-29(22)38-31-18-8-12-23-20-11-7-14-26(20)36(32(23)31)27-13-3-6-17-30(27)37(28)34(24)33(36)35(25)38;3*1-2;;/h1-7,9-10,12-13,15,17-19,21-23,26,32H,8,14,16H2;1-7,9-10,12-13,16-22,24,28,32,40H,8,14-15H2;1-6,8-10,12-13,15-20,26H,7,11,14H2;3*1-2H3;;/q2*-2;;;;;2*+2. The zero-order chi connectivity index (χ0) is 87.2. The summed E-state index contributed by atoms with van der Waals surface area (Å²) in [4.78, 5) is 0. The Hall–Kier alpha value is -12.4. The van der Waals surface area contributed by atoms with Crippen LogP contribution < -0.4 is 0 Å². The predicted molar refractivity (Wildman–Crippen MR) is 547 cm³/mol. The molecule has 0 amide bonds. The summed E-state index contributed by atoms with van der Waals surface area (Å²) in [6.45, 7) is 12.0. The maximum Gasteiger partial charge on any atom is 2.00 e. The van der Waals surface area contributed by atoms with Gasteiger partial charge in [0.25, 0.3) is 0 Å². The van der Waals surface area contributed by atoms with Crippen LogP contribution in [0.15, 0.2) is 322 Å². The number of para-hydroxylation sites is 9. The second-order valence-corrected chi connectivity index (χ2v) is 38.3. The van der Waals surface area contributed by atoms with Crippen molar-refractivity contribution in [2.75, 3.05) is 0 Å². The Bertz CT molecular complexity index is 8980. The molecule has 6 aliphatic carbocycles. The quantitative estimate of drug-likeness (QED) is 0.154. The Balaban J connectivity index is 0.0000000991. The minimum absolute atomic E-state index is 0. The van der Waals surface area contributed by atoms with Gasteiger partial charge in [0.05, 0.1) is 83.2 Å². The summed E-state index contributed by atoms with van der Waals surface area (Å²) in [6, 6.07) is 136. The Labute approximate surface area is 827 Å². The van der Waals surface area contributed by atoms with Gasteiger partial charge in [0.2, 0.25) is 0 Å². The Kier molecular flexibility index (Phi) is 18.2. The van der Waals surface area contributed by atoms with Crippen LogP contribution in [0.25, 0.3) is 187 Å². The van der Waals surface area contributed by atoms with Crippen LogP contribution in [0.3, 0.4) is 0 Å². The molecule has 2 spiro atoms. The van der Waals surface area contributed by atoms with Gasteiger partial charge in [-0.25, -0.2) is 22.3 Å². The van der Waals surface area contributed by atoms with E-state index in [9.17, 15) is 0 Å². The van der Waals surface area contributed by atoms with Crippen LogP contribution in [0.1, 0.15) is 184 Å². The molecule has 0 radical (unpaired) electrons. The number of fused-ring (bicyclic) bond motifs is 34. The van der Waals surface area contributed by atoms with E-state index >= 15 is 0 Å². The number of benzene rings is 17. The van der Waals surface area contributed by atoms with Crippen molar-refractivity contribution >= 4 is 131 Å². The molecule has 11 heterocycles. The molecule has 6 nitrogen and oxygen atoms in total. The molecule has 9 atom stereocenters. The van der Waals surface area contributed by atoms with E-state index in [-0.39, 0.29) is 73.1 Å². The molecule has 5 aliphatic heterocycles. The topological polar surface area (TPSA) is 29.6 Å². The molecule has 638 valence electrons. The molecule has 0 saturated heterocycles. The zero-order valence-electron chi connectivity index (χ0n) is 76.2. The van der Waals surface area contributed by atoms with Gasteiger partial charge in [0.1, 0.15) is 0 Å². The third kappa shape index (κ3) is 9.94. The van der Waals surface area contributed by atoms with Gasteiger partial charge in [-0.05, 0) is 180 Å². The maximum atomic E-state index is 4.05. The van der Waals surface area contributed by atoms with Crippen molar-refractivity contribution in [3.05, 3.63) is 407 Å². The Morgan fingerprint density at radius 3 is 1.40 bits per heavy atom. The maximum absolute atomic E-state index is 4.05. The van der Waals surface area contributed by atoms with Crippen molar-refractivity contribution in [2.24, 2.45) is 17.8 Å². The fourth-order valence-corrected chi connectivity index (χ4v) is 29.6. The van der Waals surface area contributed by atoms with Crippen molar-refractivity contribution < 1.29 is 62.2 Å². The first-order valence-corrected chi connectivity index (χ1v) is 49.1. The first kappa shape index (κ1) is 81.2. The van der Waals surface area contributed by atoms with Crippen molar-refractivity contribution in [3.8, 4) is 56.4 Å². The van der Waals surface area contributed by atoms with Crippen LogP contribution in [-0.4, -0.2) is 27.4 Å². The average molecular weight is 2170 g/mol. The number of hydrogen-bond donors (Lipinski definition) is 0. The number of hydrogen-bond acceptors (Lipinski definition) is 0. The van der Waals surface area contributed by atoms with Gasteiger partial charge in [-0.2, -0.15) is 72.8 Å². The molecule has 8 heteroatoms. The number of aromatic nitrogens is 6. The van der Waals surface area contributed by atoms with Gasteiger partial charge in [0.15, 0.2) is 0 Å². The molecule has 3 saturated carbocycles. The molecule has 17 aromatic carbocycles. The van der Waals surface area contributed by atoms with Gasteiger partial charge >= 0.3 is 62.2 Å². The minimum atomic E-state index is -0.215. The van der Waals surface area contributed by atoms with Gasteiger partial charge in [-0.1, -0.05) is 272 Å². The molecule has 11 aliphatic rings. The fourth-order valence-electron chi connectivity index (χ4n) is 29.6. The van der Waals surface area contributed by atoms with Gasteiger partial charge in [-0.3, -0.25) is 0 Å². The van der Waals surface area contributed by atoms with Crippen LogP contribution in [0.4, 0.5) is 0 Å². The fraction of sp³-hybridized carbons (Fsp3) is 0.190. The average Bonchev–Trinajstić information content (AvgIpc) is 1.47. The van der Waals surface area contributed by atoms with Crippen molar-refractivity contribution in [2.45, 2.75) is 134 Å². The summed E-state index contributed by atoms with van der Waals surface area (Å²) >= 11 is 0. The van der Waals surface area contributed by atoms with E-state index in [4.69, 9.17) is 0 Å². The van der Waals surface area contributed by atoms with Crippen LogP contribution >= 0.6 is 0 Å². The summed E-state index contributed by atoms with van der Waals surface area (Å²) in [7, 11) is 0. The van der Waals surface area contributed by atoms with E-state index in [1.165, 1.54) is 273 Å². The molecule has 34 rings (SSSR count). The van der Waals surface area contributed by atoms with Gasteiger partial charge in [-0.15, -0.1) is 23.3 Å². The molecule has 9 unspecified atom stereocenters. The predicted octanol–water partition coefficient (Wildman–Crippen LogP) is 32.3. The SMILES string of the molecule is CC.CC.CC.[U+2].[U+2].[c-]1ccccc1-c1[c-]c2c3c(c1)C1CCCC1C3c1cccc3c4ccccc4n(c13)-c1ccc3c4ccccc4n-2c3c1.[c-]1ccccc1-c1[c-]cc2c3c1-n1c4ccccc4c4ccc5c(c41)C3(c1cccc3c4ccccc4n-5c13)C1CCCC21.c1ccc2c(c1)-n1c3ccccc3c3cc4c5ccccc5n5c4c(c31)C21c2c(cccc2-5)C2CCCC21. The van der Waals surface area contributed by atoms with Crippen LogP contribution in [0.5, 0.6) is 0 Å². The zero-order valence-corrected chi connectivity index (χ0v) is 84.5. The molecular formula is C126H96N6U2. The van der Waals surface area contributed by atoms with Gasteiger partial charge in [0, 0.05) is 92.4 Å². The van der Waals surface area contributed by atoms with Gasteiger partial charge < -0.3 is 27.4 Å². The third-order valence-electron chi connectivity index (χ3n) is 33.5. The van der Waals surface area contributed by atoms with Crippen LogP contribution in [0, 0.1) is 104 Å². The number of nitrogens with zero attached hydrogens (tertiary/aromatic N) is 6. The first-order chi connectivity index (χ1) is 65.6. The smallest absolute Gasteiger partial charge is 0.359 e. The summed E-state index contributed by atoms with van der Waals surface area (Å²) in [5, 5.41) is 16.2. The summed E-state index contributed by atoms with van der Waals surface area (Å²) < 4.78 is 15.6. The van der Waals surface area contributed by atoms with E-state index < -0.39 is 0 Å². The first-order valence-electron chi connectivity index (χ1n) is 49.1. The molecule has 134 heavy (non-hydrogen) atoms. The largest absolute Gasteiger partial charge is 2.00 e. The summed E-state index contributed by atoms with van der Waals surface area (Å²) in [5.41, 5.74) is 45.0. The summed E-state index contributed by atoms with van der Waals surface area (Å²) in [6.07, 6.45) is 11.5. The van der Waals surface area contributed by atoms with Crippen LogP contribution in [0.2, 0.25) is 0 Å². The molecule has 6 aromatic heterocycles. The third-order valence-corrected chi connectivity index (χ3v) is 33.5. The monoisotopic (exact) mass is 2170 g/mol. The molecule has 2 bridgehead atoms. The second kappa shape index (κ2) is 30.1. The minimum Gasteiger partial charge on any atom is -0.359 e.